The van der Waals surface area contributed by atoms with E-state index < -0.39 is 0 Å². The molecule has 1 N–H and O–H groups in total. The van der Waals surface area contributed by atoms with Gasteiger partial charge in [0, 0.05) is 13.1 Å². The Morgan fingerprint density at radius 2 is 1.89 bits per heavy atom. The van der Waals surface area contributed by atoms with Gasteiger partial charge in [-0.2, -0.15) is 0 Å². The van der Waals surface area contributed by atoms with E-state index in [9.17, 15) is 4.79 Å². The summed E-state index contributed by atoms with van der Waals surface area (Å²) in [6.45, 7) is 5.09. The molecule has 0 atom stereocenters. The van der Waals surface area contributed by atoms with Crippen LogP contribution in [0.3, 0.4) is 0 Å². The van der Waals surface area contributed by atoms with Crippen LogP contribution in [0.2, 0.25) is 0 Å². The minimum Gasteiger partial charge on any atom is -0.495 e. The molecule has 0 fully saturated rings. The summed E-state index contributed by atoms with van der Waals surface area (Å²) in [6, 6.07) is 15.7. The van der Waals surface area contributed by atoms with Crippen LogP contribution in [-0.4, -0.2) is 34.4 Å². The van der Waals surface area contributed by atoms with Crippen molar-refractivity contribution in [1.82, 2.24) is 14.9 Å². The zero-order valence-electron chi connectivity index (χ0n) is 16.3. The number of aromatic nitrogens is 2. The number of carbonyl (C=O) groups is 1. The number of nitrogens with one attached hydrogen (secondary N) is 1. The SMILES string of the molecule is CCN(Cc1ccccc1)C(=O)c1cnc(Nc2cc(C)ccc2OC)cn1. The third-order valence-corrected chi connectivity index (χ3v) is 4.37. The fourth-order valence-electron chi connectivity index (χ4n) is 2.85. The second kappa shape index (κ2) is 8.99. The molecule has 144 valence electrons. The van der Waals surface area contributed by atoms with Gasteiger partial charge in [0.05, 0.1) is 25.2 Å². The number of nitrogens with zero attached hydrogens (tertiary/aromatic N) is 3. The van der Waals surface area contributed by atoms with Crippen molar-refractivity contribution in [2.24, 2.45) is 0 Å². The Morgan fingerprint density at radius 3 is 2.54 bits per heavy atom. The van der Waals surface area contributed by atoms with Crippen LogP contribution in [0, 0.1) is 6.92 Å². The number of benzene rings is 2. The van der Waals surface area contributed by atoms with E-state index >= 15 is 0 Å². The lowest BCUT2D eigenvalue weighted by molar-refractivity contribution is 0.0746. The molecule has 1 amide bonds. The van der Waals surface area contributed by atoms with Gasteiger partial charge in [-0.15, -0.1) is 0 Å². The van der Waals surface area contributed by atoms with Gasteiger partial charge in [0.2, 0.25) is 0 Å². The van der Waals surface area contributed by atoms with E-state index in [0.29, 0.717) is 30.4 Å². The minimum atomic E-state index is -0.140. The van der Waals surface area contributed by atoms with E-state index in [-0.39, 0.29) is 5.91 Å². The fraction of sp³-hybridized carbons (Fsp3) is 0.227. The van der Waals surface area contributed by atoms with E-state index in [1.54, 1.807) is 18.2 Å². The van der Waals surface area contributed by atoms with Gasteiger partial charge in [0.1, 0.15) is 17.3 Å². The Hall–Kier alpha value is -3.41. The van der Waals surface area contributed by atoms with Crippen molar-refractivity contribution >= 4 is 17.4 Å². The summed E-state index contributed by atoms with van der Waals surface area (Å²) < 4.78 is 5.37. The lowest BCUT2D eigenvalue weighted by atomic mass is 10.2. The van der Waals surface area contributed by atoms with Crippen LogP contribution >= 0.6 is 0 Å². The molecule has 2 aromatic carbocycles. The van der Waals surface area contributed by atoms with Gasteiger partial charge >= 0.3 is 0 Å². The molecule has 0 radical (unpaired) electrons. The number of ether oxygens (including phenoxy) is 1. The van der Waals surface area contributed by atoms with Crippen LogP contribution < -0.4 is 10.1 Å². The predicted molar refractivity (Wildman–Crippen MR) is 110 cm³/mol. The summed E-state index contributed by atoms with van der Waals surface area (Å²) in [6.07, 6.45) is 3.06. The molecule has 0 aliphatic rings. The average molecular weight is 376 g/mol. The number of anilines is 2. The normalized spacial score (nSPS) is 10.4. The van der Waals surface area contributed by atoms with E-state index in [2.05, 4.69) is 15.3 Å². The van der Waals surface area contributed by atoms with E-state index in [0.717, 1.165) is 16.8 Å². The van der Waals surface area contributed by atoms with Crippen molar-refractivity contribution in [3.05, 3.63) is 77.7 Å². The number of amides is 1. The molecule has 6 heteroatoms. The second-order valence-electron chi connectivity index (χ2n) is 6.42. The molecule has 0 aliphatic heterocycles. The van der Waals surface area contributed by atoms with Crippen LogP contribution in [0.25, 0.3) is 0 Å². The largest absolute Gasteiger partial charge is 0.495 e. The maximum atomic E-state index is 12.8. The summed E-state index contributed by atoms with van der Waals surface area (Å²) in [5, 5.41) is 3.19. The molecular weight excluding hydrogens is 352 g/mol. The molecule has 28 heavy (non-hydrogen) atoms. The fourth-order valence-corrected chi connectivity index (χ4v) is 2.85. The number of carbonyl (C=O) groups excluding carboxylic acids is 1. The zero-order valence-corrected chi connectivity index (χ0v) is 16.3. The van der Waals surface area contributed by atoms with Crippen LogP contribution in [-0.2, 0) is 6.54 Å². The number of hydrogen-bond donors (Lipinski definition) is 1. The highest BCUT2D eigenvalue weighted by Crippen LogP contribution is 2.27. The smallest absolute Gasteiger partial charge is 0.274 e. The number of hydrogen-bond acceptors (Lipinski definition) is 5. The standard InChI is InChI=1S/C22H24N4O2/c1-4-26(15-17-8-6-5-7-9-17)22(27)19-13-24-21(14-23-19)25-18-12-16(2)10-11-20(18)28-3/h5-14H,4,15H2,1-3H3,(H,24,25). The van der Waals surface area contributed by atoms with Gasteiger partial charge in [0.25, 0.3) is 5.91 Å². The van der Waals surface area contributed by atoms with Gasteiger partial charge < -0.3 is 15.0 Å². The Labute approximate surface area is 165 Å². The van der Waals surface area contributed by atoms with Crippen molar-refractivity contribution in [2.75, 3.05) is 19.0 Å². The maximum Gasteiger partial charge on any atom is 0.274 e. The zero-order chi connectivity index (χ0) is 19.9. The third-order valence-electron chi connectivity index (χ3n) is 4.37. The number of aryl methyl sites for hydroxylation is 1. The molecular formula is C22H24N4O2. The predicted octanol–water partition coefficient (Wildman–Crippen LogP) is 4.20. The molecule has 0 aliphatic carbocycles. The topological polar surface area (TPSA) is 67.4 Å². The first-order valence-electron chi connectivity index (χ1n) is 9.17. The van der Waals surface area contributed by atoms with E-state index in [1.165, 1.54) is 6.20 Å². The molecule has 0 spiro atoms. The monoisotopic (exact) mass is 376 g/mol. The van der Waals surface area contributed by atoms with Crippen molar-refractivity contribution in [1.29, 1.82) is 0 Å². The Bertz CT molecular complexity index is 927. The molecule has 3 rings (SSSR count). The van der Waals surface area contributed by atoms with E-state index in [4.69, 9.17) is 4.74 Å². The molecule has 0 bridgehead atoms. The average Bonchev–Trinajstić information content (AvgIpc) is 2.73. The molecule has 6 nitrogen and oxygen atoms in total. The van der Waals surface area contributed by atoms with E-state index in [1.807, 2.05) is 62.4 Å². The van der Waals surface area contributed by atoms with Crippen molar-refractivity contribution in [3.8, 4) is 5.75 Å². The first-order chi connectivity index (χ1) is 13.6. The molecule has 0 saturated heterocycles. The first-order valence-corrected chi connectivity index (χ1v) is 9.17. The lowest BCUT2D eigenvalue weighted by Crippen LogP contribution is -2.31. The van der Waals surface area contributed by atoms with Crippen LogP contribution in [0.4, 0.5) is 11.5 Å². The highest BCUT2D eigenvalue weighted by Gasteiger charge is 2.16. The third kappa shape index (κ3) is 4.65. The first kappa shape index (κ1) is 19.4. The van der Waals surface area contributed by atoms with Gasteiger partial charge in [-0.3, -0.25) is 4.79 Å². The van der Waals surface area contributed by atoms with Crippen LogP contribution in [0.5, 0.6) is 5.75 Å². The molecule has 3 aromatic rings. The van der Waals surface area contributed by atoms with Crippen molar-refractivity contribution < 1.29 is 9.53 Å². The quantitative estimate of drug-likeness (QED) is 0.669. The van der Waals surface area contributed by atoms with Gasteiger partial charge in [-0.1, -0.05) is 36.4 Å². The highest BCUT2D eigenvalue weighted by atomic mass is 16.5. The van der Waals surface area contributed by atoms with Crippen LogP contribution in [0.1, 0.15) is 28.5 Å². The molecule has 1 aromatic heterocycles. The number of methoxy groups -OCH3 is 1. The summed E-state index contributed by atoms with van der Waals surface area (Å²) in [4.78, 5) is 23.2. The van der Waals surface area contributed by atoms with Gasteiger partial charge in [0.15, 0.2) is 0 Å². The summed E-state index contributed by atoms with van der Waals surface area (Å²) in [5.74, 6) is 1.12. The van der Waals surface area contributed by atoms with Gasteiger partial charge in [-0.25, -0.2) is 9.97 Å². The summed E-state index contributed by atoms with van der Waals surface area (Å²) >= 11 is 0. The minimum absolute atomic E-state index is 0.140. The lowest BCUT2D eigenvalue weighted by Gasteiger charge is -2.20. The molecule has 0 saturated carbocycles. The Kier molecular flexibility index (Phi) is 6.22. The second-order valence-corrected chi connectivity index (χ2v) is 6.42. The number of rotatable bonds is 7. The maximum absolute atomic E-state index is 12.8. The summed E-state index contributed by atoms with van der Waals surface area (Å²) in [5.41, 5.74) is 3.30. The van der Waals surface area contributed by atoms with Gasteiger partial charge in [-0.05, 0) is 37.1 Å². The Morgan fingerprint density at radius 1 is 1.11 bits per heavy atom. The molecule has 0 unspecified atom stereocenters. The Balaban J connectivity index is 1.72. The molecule has 1 heterocycles. The van der Waals surface area contributed by atoms with Crippen LogP contribution in [0.15, 0.2) is 60.9 Å². The van der Waals surface area contributed by atoms with Crippen molar-refractivity contribution in [2.45, 2.75) is 20.4 Å². The highest BCUT2D eigenvalue weighted by molar-refractivity contribution is 5.92. The van der Waals surface area contributed by atoms with Crippen molar-refractivity contribution in [3.63, 3.8) is 0 Å². The summed E-state index contributed by atoms with van der Waals surface area (Å²) in [7, 11) is 1.62.